The molecule has 7 nitrogen and oxygen atoms in total. The number of amides is 1. The van der Waals surface area contributed by atoms with Crippen molar-refractivity contribution >= 4 is 23.2 Å². The number of fused-ring (bicyclic) bond motifs is 1. The van der Waals surface area contributed by atoms with Gasteiger partial charge in [-0.15, -0.1) is 0 Å². The third kappa shape index (κ3) is 6.79. The molecular formula is C20H25F3N4O3S. The molecule has 1 amide bonds. The maximum absolute atomic E-state index is 12.5. The molecular weight excluding hydrogens is 433 g/mol. The lowest BCUT2D eigenvalue weighted by Crippen LogP contribution is -2.39. The van der Waals surface area contributed by atoms with Gasteiger partial charge in [-0.3, -0.25) is 9.69 Å². The Bertz CT molecular complexity index is 877. The number of aromatic nitrogens is 2. The second-order valence-electron chi connectivity index (χ2n) is 7.61. The van der Waals surface area contributed by atoms with Crippen molar-refractivity contribution in [1.82, 2.24) is 19.4 Å². The summed E-state index contributed by atoms with van der Waals surface area (Å²) in [6.07, 6.45) is 1.57. The number of alkyl halides is 3. The van der Waals surface area contributed by atoms with Crippen molar-refractivity contribution in [2.24, 2.45) is 0 Å². The number of imidazole rings is 1. The van der Waals surface area contributed by atoms with Crippen molar-refractivity contribution in [2.45, 2.75) is 51.5 Å². The van der Waals surface area contributed by atoms with Gasteiger partial charge in [0.05, 0.1) is 18.7 Å². The minimum absolute atomic E-state index is 0.209. The summed E-state index contributed by atoms with van der Waals surface area (Å²) in [6, 6.07) is 2.03. The Morgan fingerprint density at radius 1 is 1.13 bits per heavy atom. The number of piperidine rings is 1. The molecule has 0 unspecified atom stereocenters. The summed E-state index contributed by atoms with van der Waals surface area (Å²) in [5.74, 6) is -1.51. The maximum Gasteiger partial charge on any atom is 0.490 e. The number of hydrogen-bond donors (Lipinski definition) is 1. The topological polar surface area (TPSA) is 78.7 Å². The van der Waals surface area contributed by atoms with Gasteiger partial charge < -0.3 is 14.6 Å². The van der Waals surface area contributed by atoms with Gasteiger partial charge in [0.15, 0.2) is 0 Å². The fourth-order valence-corrected chi connectivity index (χ4v) is 4.30. The van der Waals surface area contributed by atoms with Crippen LogP contribution < -0.4 is 0 Å². The lowest BCUT2D eigenvalue weighted by Gasteiger charge is -2.27. The van der Waals surface area contributed by atoms with E-state index in [0.29, 0.717) is 13.0 Å². The van der Waals surface area contributed by atoms with E-state index in [1.165, 1.54) is 32.4 Å². The van der Waals surface area contributed by atoms with Gasteiger partial charge >= 0.3 is 12.1 Å². The first-order chi connectivity index (χ1) is 14.7. The summed E-state index contributed by atoms with van der Waals surface area (Å²) < 4.78 is 34.0. The highest BCUT2D eigenvalue weighted by molar-refractivity contribution is 7.08. The Morgan fingerprint density at radius 3 is 2.45 bits per heavy atom. The van der Waals surface area contributed by atoms with E-state index in [1.807, 2.05) is 16.3 Å². The number of hydrogen-bond acceptors (Lipinski definition) is 5. The molecule has 1 saturated heterocycles. The first-order valence-electron chi connectivity index (χ1n) is 10.1. The van der Waals surface area contributed by atoms with E-state index in [1.54, 1.807) is 11.3 Å². The van der Waals surface area contributed by atoms with E-state index < -0.39 is 12.1 Å². The highest BCUT2D eigenvalue weighted by Gasteiger charge is 2.38. The molecule has 2 aliphatic rings. The largest absolute Gasteiger partial charge is 0.490 e. The Hall–Kier alpha value is -2.40. The SMILES string of the molecule is O=C(Cc1ccsc1)N1CCn2cc(CN3CCCCC3)nc2C1.O=C(O)C(F)(F)F. The summed E-state index contributed by atoms with van der Waals surface area (Å²) in [5.41, 5.74) is 2.27. The van der Waals surface area contributed by atoms with E-state index in [4.69, 9.17) is 14.9 Å². The number of aliphatic carboxylic acids is 1. The molecule has 2 aromatic rings. The molecule has 0 spiro atoms. The van der Waals surface area contributed by atoms with Crippen molar-refractivity contribution in [3.8, 4) is 0 Å². The third-order valence-electron chi connectivity index (χ3n) is 5.22. The number of rotatable bonds is 4. The average Bonchev–Trinajstić information content (AvgIpc) is 3.37. The Morgan fingerprint density at radius 2 is 1.84 bits per heavy atom. The number of thiophene rings is 1. The number of carboxylic acids is 1. The van der Waals surface area contributed by atoms with Crippen molar-refractivity contribution in [1.29, 1.82) is 0 Å². The smallest absolute Gasteiger partial charge is 0.475 e. The lowest BCUT2D eigenvalue weighted by molar-refractivity contribution is -0.192. The van der Waals surface area contributed by atoms with Crippen LogP contribution in [0.2, 0.25) is 0 Å². The number of carboxylic acid groups (broad SMARTS) is 1. The number of carbonyl (C=O) groups is 2. The first-order valence-corrected chi connectivity index (χ1v) is 11.0. The van der Waals surface area contributed by atoms with Crippen LogP contribution in [-0.4, -0.2) is 62.1 Å². The zero-order valence-electron chi connectivity index (χ0n) is 17.0. The molecule has 11 heteroatoms. The lowest BCUT2D eigenvalue weighted by atomic mass is 10.1. The molecule has 0 aliphatic carbocycles. The summed E-state index contributed by atoms with van der Waals surface area (Å²) in [6.45, 7) is 5.61. The fraction of sp³-hybridized carbons (Fsp3) is 0.550. The van der Waals surface area contributed by atoms with Crippen LogP contribution in [0.15, 0.2) is 23.0 Å². The van der Waals surface area contributed by atoms with Crippen molar-refractivity contribution in [3.63, 3.8) is 0 Å². The molecule has 4 rings (SSSR count). The predicted molar refractivity (Wildman–Crippen MR) is 108 cm³/mol. The minimum Gasteiger partial charge on any atom is -0.475 e. The van der Waals surface area contributed by atoms with Gasteiger partial charge in [-0.25, -0.2) is 9.78 Å². The Balaban J connectivity index is 0.000000339. The molecule has 0 saturated carbocycles. The summed E-state index contributed by atoms with van der Waals surface area (Å²) in [7, 11) is 0. The maximum atomic E-state index is 12.5. The van der Waals surface area contributed by atoms with Crippen LogP contribution in [0.5, 0.6) is 0 Å². The first kappa shape index (κ1) is 23.3. The third-order valence-corrected chi connectivity index (χ3v) is 5.95. The van der Waals surface area contributed by atoms with Gasteiger partial charge in [-0.05, 0) is 48.3 Å². The van der Waals surface area contributed by atoms with E-state index in [-0.39, 0.29) is 5.91 Å². The van der Waals surface area contributed by atoms with Crippen LogP contribution in [-0.2, 0) is 35.6 Å². The molecule has 0 aromatic carbocycles. The molecule has 0 atom stereocenters. The zero-order chi connectivity index (χ0) is 22.4. The summed E-state index contributed by atoms with van der Waals surface area (Å²) >= 11 is 1.64. The second-order valence-corrected chi connectivity index (χ2v) is 8.39. The molecule has 31 heavy (non-hydrogen) atoms. The molecule has 1 fully saturated rings. The molecule has 0 radical (unpaired) electrons. The van der Waals surface area contributed by atoms with Crippen LogP contribution in [0, 0.1) is 0 Å². The molecule has 4 heterocycles. The van der Waals surface area contributed by atoms with E-state index >= 15 is 0 Å². The highest BCUT2D eigenvalue weighted by atomic mass is 32.1. The Labute approximate surface area is 182 Å². The Kier molecular flexibility index (Phi) is 7.71. The number of likely N-dealkylation sites (tertiary alicyclic amines) is 1. The van der Waals surface area contributed by atoms with Crippen molar-refractivity contribution in [2.75, 3.05) is 19.6 Å². The zero-order valence-corrected chi connectivity index (χ0v) is 17.8. The summed E-state index contributed by atoms with van der Waals surface area (Å²) in [5, 5.41) is 11.2. The quantitative estimate of drug-likeness (QED) is 0.762. The van der Waals surface area contributed by atoms with Gasteiger partial charge in [-0.2, -0.15) is 24.5 Å². The van der Waals surface area contributed by atoms with Gasteiger partial charge in [0.1, 0.15) is 5.82 Å². The molecule has 0 bridgehead atoms. The van der Waals surface area contributed by atoms with Gasteiger partial charge in [-0.1, -0.05) is 6.42 Å². The van der Waals surface area contributed by atoms with E-state index in [2.05, 4.69) is 21.0 Å². The highest BCUT2D eigenvalue weighted by Crippen LogP contribution is 2.18. The molecule has 2 aliphatic heterocycles. The van der Waals surface area contributed by atoms with Crippen LogP contribution in [0.1, 0.15) is 36.3 Å². The molecule has 170 valence electrons. The number of nitrogens with zero attached hydrogens (tertiary/aromatic N) is 4. The standard InChI is InChI=1S/C18H24N4OS.C2HF3O2/c23-18(10-15-4-9-24-14-15)22-8-7-21-12-16(19-17(21)13-22)11-20-5-2-1-3-6-20;3-2(4,5)1(6)7/h4,9,12,14H,1-3,5-8,10-11,13H2;(H,6,7). The van der Waals surface area contributed by atoms with Gasteiger partial charge in [0, 0.05) is 25.8 Å². The average molecular weight is 459 g/mol. The van der Waals surface area contributed by atoms with Gasteiger partial charge in [0.2, 0.25) is 5.91 Å². The van der Waals surface area contributed by atoms with Crippen LogP contribution in [0.25, 0.3) is 0 Å². The monoisotopic (exact) mass is 458 g/mol. The van der Waals surface area contributed by atoms with Crippen LogP contribution >= 0.6 is 11.3 Å². The summed E-state index contributed by atoms with van der Waals surface area (Å²) in [4.78, 5) is 30.6. The van der Waals surface area contributed by atoms with Crippen molar-refractivity contribution < 1.29 is 27.9 Å². The fourth-order valence-electron chi connectivity index (χ4n) is 3.63. The minimum atomic E-state index is -5.08. The van der Waals surface area contributed by atoms with Gasteiger partial charge in [0.25, 0.3) is 0 Å². The second kappa shape index (κ2) is 10.3. The van der Waals surface area contributed by atoms with E-state index in [9.17, 15) is 18.0 Å². The van der Waals surface area contributed by atoms with Crippen LogP contribution in [0.3, 0.4) is 0 Å². The molecule has 1 N–H and O–H groups in total. The number of halogens is 3. The molecule has 2 aromatic heterocycles. The van der Waals surface area contributed by atoms with Crippen LogP contribution in [0.4, 0.5) is 13.2 Å². The normalized spacial score (nSPS) is 16.9. The number of carbonyl (C=O) groups excluding carboxylic acids is 1. The predicted octanol–water partition coefficient (Wildman–Crippen LogP) is 3.15. The van der Waals surface area contributed by atoms with Crippen molar-refractivity contribution in [3.05, 3.63) is 40.1 Å². The van der Waals surface area contributed by atoms with E-state index in [0.717, 1.165) is 36.7 Å².